The molecule has 4 rings (SSSR count). The third kappa shape index (κ3) is 7.98. The number of hydrogen-bond acceptors (Lipinski definition) is 7. The minimum absolute atomic E-state index is 0.581. The second-order valence-electron chi connectivity index (χ2n) is 9.50. The lowest BCUT2D eigenvalue weighted by Gasteiger charge is -2.31. The van der Waals surface area contributed by atoms with Crippen molar-refractivity contribution in [3.05, 3.63) is 77.6 Å². The molecule has 7 heteroatoms. The van der Waals surface area contributed by atoms with E-state index in [1.165, 1.54) is 28.9 Å². The molecule has 0 atom stereocenters. The number of anilines is 3. The molecule has 0 unspecified atom stereocenters. The first-order valence-corrected chi connectivity index (χ1v) is 14.1. The molecule has 6 nitrogen and oxygen atoms in total. The van der Waals surface area contributed by atoms with E-state index < -0.39 is 0 Å². The first-order valence-electron chi connectivity index (χ1n) is 13.3. The number of allylic oxidation sites excluding steroid dienone is 2. The SMILES string of the molecule is CC/C=C(\C)Nc1ccnc(Nc2ccc(SN3CCC(Cc4cc(CC)ccc4OC)CC3)cc2)n1. The molecule has 2 heterocycles. The van der Waals surface area contributed by atoms with Crippen LogP contribution >= 0.6 is 11.9 Å². The van der Waals surface area contributed by atoms with E-state index in [0.717, 1.165) is 55.3 Å². The molecule has 0 radical (unpaired) electrons. The maximum atomic E-state index is 5.63. The van der Waals surface area contributed by atoms with Gasteiger partial charge in [-0.3, -0.25) is 0 Å². The predicted octanol–water partition coefficient (Wildman–Crippen LogP) is 7.48. The topological polar surface area (TPSA) is 62.3 Å². The average Bonchev–Trinajstić information content (AvgIpc) is 2.91. The van der Waals surface area contributed by atoms with Crippen LogP contribution in [0.3, 0.4) is 0 Å². The molecule has 3 aromatic rings. The van der Waals surface area contributed by atoms with E-state index in [0.29, 0.717) is 11.9 Å². The summed E-state index contributed by atoms with van der Waals surface area (Å²) < 4.78 is 8.12. The van der Waals surface area contributed by atoms with Crippen molar-refractivity contribution in [1.82, 2.24) is 14.3 Å². The zero-order valence-electron chi connectivity index (χ0n) is 22.5. The molecular weight excluding hydrogens is 478 g/mol. The van der Waals surface area contributed by atoms with E-state index >= 15 is 0 Å². The minimum atomic E-state index is 0.581. The molecule has 0 spiro atoms. The highest BCUT2D eigenvalue weighted by atomic mass is 32.2. The van der Waals surface area contributed by atoms with Gasteiger partial charge in [0.15, 0.2) is 0 Å². The van der Waals surface area contributed by atoms with Crippen LogP contribution in [0, 0.1) is 5.92 Å². The quantitative estimate of drug-likeness (QED) is 0.256. The number of benzene rings is 2. The Balaban J connectivity index is 1.27. The molecule has 1 aromatic heterocycles. The smallest absolute Gasteiger partial charge is 0.229 e. The average molecular weight is 518 g/mol. The number of nitrogens with one attached hydrogen (secondary N) is 2. The van der Waals surface area contributed by atoms with Crippen LogP contribution in [0.15, 0.2) is 71.4 Å². The van der Waals surface area contributed by atoms with E-state index in [1.807, 2.05) is 24.9 Å². The molecule has 0 amide bonds. The van der Waals surface area contributed by atoms with E-state index in [1.54, 1.807) is 13.3 Å². The van der Waals surface area contributed by atoms with Gasteiger partial charge >= 0.3 is 0 Å². The van der Waals surface area contributed by atoms with Crippen molar-refractivity contribution in [2.24, 2.45) is 5.92 Å². The van der Waals surface area contributed by atoms with Crippen LogP contribution in [-0.2, 0) is 12.8 Å². The van der Waals surface area contributed by atoms with E-state index in [2.05, 4.69) is 87.3 Å². The lowest BCUT2D eigenvalue weighted by atomic mass is 9.90. The van der Waals surface area contributed by atoms with Gasteiger partial charge in [0.05, 0.1) is 7.11 Å². The zero-order chi connectivity index (χ0) is 26.0. The minimum Gasteiger partial charge on any atom is -0.496 e. The van der Waals surface area contributed by atoms with Crippen molar-refractivity contribution in [2.45, 2.75) is 57.8 Å². The standard InChI is InChI=1S/C30H39N5OS/c1-5-7-22(3)32-29-14-17-31-30(34-29)33-26-9-11-27(12-10-26)37-35-18-15-24(16-19-35)21-25-20-23(6-2)8-13-28(25)36-4/h7-14,17,20,24H,5-6,15-16,18-19,21H2,1-4H3,(H2,31,32,33,34)/b22-7+. The lowest BCUT2D eigenvalue weighted by molar-refractivity contribution is 0.288. The van der Waals surface area contributed by atoms with Crippen LogP contribution in [0.2, 0.25) is 0 Å². The van der Waals surface area contributed by atoms with Crippen molar-refractivity contribution in [1.29, 1.82) is 0 Å². The van der Waals surface area contributed by atoms with Crippen LogP contribution in [0.4, 0.5) is 17.5 Å². The van der Waals surface area contributed by atoms with E-state index in [4.69, 9.17) is 4.74 Å². The van der Waals surface area contributed by atoms with Gasteiger partial charge < -0.3 is 15.4 Å². The first kappa shape index (κ1) is 27.0. The van der Waals surface area contributed by atoms with Gasteiger partial charge in [-0.2, -0.15) is 4.98 Å². The Morgan fingerprint density at radius 3 is 2.59 bits per heavy atom. The monoisotopic (exact) mass is 517 g/mol. The highest BCUT2D eigenvalue weighted by Crippen LogP contribution is 2.32. The van der Waals surface area contributed by atoms with E-state index in [-0.39, 0.29) is 0 Å². The molecule has 1 aliphatic rings. The number of piperidine rings is 1. The molecule has 2 aromatic carbocycles. The number of rotatable bonds is 11. The molecule has 0 saturated carbocycles. The third-order valence-corrected chi connectivity index (χ3v) is 7.78. The summed E-state index contributed by atoms with van der Waals surface area (Å²) in [5.74, 6) is 3.10. The molecule has 1 saturated heterocycles. The summed E-state index contributed by atoms with van der Waals surface area (Å²) in [5.41, 5.74) is 4.80. The van der Waals surface area contributed by atoms with Crippen LogP contribution < -0.4 is 15.4 Å². The number of aromatic nitrogens is 2. The lowest BCUT2D eigenvalue weighted by Crippen LogP contribution is -2.29. The van der Waals surface area contributed by atoms with Crippen LogP contribution in [0.25, 0.3) is 0 Å². The second-order valence-corrected chi connectivity index (χ2v) is 10.7. The van der Waals surface area contributed by atoms with Crippen molar-refractivity contribution in [2.75, 3.05) is 30.8 Å². The van der Waals surface area contributed by atoms with Crippen molar-refractivity contribution in [3.63, 3.8) is 0 Å². The van der Waals surface area contributed by atoms with Crippen molar-refractivity contribution in [3.8, 4) is 5.75 Å². The summed E-state index contributed by atoms with van der Waals surface area (Å²) in [4.78, 5) is 10.2. The molecule has 0 bridgehead atoms. The Kier molecular flexibility index (Phi) is 9.85. The number of hydrogen-bond donors (Lipinski definition) is 2. The van der Waals surface area contributed by atoms with Gasteiger partial charge in [0.2, 0.25) is 5.95 Å². The van der Waals surface area contributed by atoms with Crippen LogP contribution in [0.1, 0.15) is 51.2 Å². The predicted molar refractivity (Wildman–Crippen MR) is 156 cm³/mol. The maximum Gasteiger partial charge on any atom is 0.229 e. The maximum absolute atomic E-state index is 5.63. The fourth-order valence-electron chi connectivity index (χ4n) is 4.65. The van der Waals surface area contributed by atoms with Crippen molar-refractivity contribution < 1.29 is 4.74 Å². The number of nitrogens with zero attached hydrogens (tertiary/aromatic N) is 3. The molecule has 0 aliphatic carbocycles. The summed E-state index contributed by atoms with van der Waals surface area (Å²) >= 11 is 1.85. The van der Waals surface area contributed by atoms with Crippen LogP contribution in [-0.4, -0.2) is 34.5 Å². The summed E-state index contributed by atoms with van der Waals surface area (Å²) in [7, 11) is 1.78. The molecule has 37 heavy (non-hydrogen) atoms. The van der Waals surface area contributed by atoms with E-state index in [9.17, 15) is 0 Å². The molecule has 1 fully saturated rings. The number of ether oxygens (including phenoxy) is 1. The number of methoxy groups -OCH3 is 1. The zero-order valence-corrected chi connectivity index (χ0v) is 23.3. The fraction of sp³-hybridized carbons (Fsp3) is 0.400. The first-order chi connectivity index (χ1) is 18.1. The van der Waals surface area contributed by atoms with Crippen molar-refractivity contribution >= 4 is 29.4 Å². The van der Waals surface area contributed by atoms with Gasteiger partial charge in [0.25, 0.3) is 0 Å². The summed E-state index contributed by atoms with van der Waals surface area (Å²) in [6, 6.07) is 17.0. The molecule has 1 aliphatic heterocycles. The summed E-state index contributed by atoms with van der Waals surface area (Å²) in [5, 5.41) is 6.62. The summed E-state index contributed by atoms with van der Waals surface area (Å²) in [6.07, 6.45) is 9.47. The van der Waals surface area contributed by atoms with Crippen LogP contribution in [0.5, 0.6) is 5.75 Å². The highest BCUT2D eigenvalue weighted by Gasteiger charge is 2.21. The van der Waals surface area contributed by atoms with Gasteiger partial charge in [-0.15, -0.1) is 0 Å². The molecule has 196 valence electrons. The Hall–Kier alpha value is -3.03. The second kappa shape index (κ2) is 13.5. The fourth-order valence-corrected chi connectivity index (χ4v) is 5.60. The Morgan fingerprint density at radius 1 is 1.11 bits per heavy atom. The van der Waals surface area contributed by atoms with Gasteiger partial charge in [-0.25, -0.2) is 9.29 Å². The van der Waals surface area contributed by atoms with Gasteiger partial charge in [0, 0.05) is 35.6 Å². The Labute approximate surface area is 226 Å². The summed E-state index contributed by atoms with van der Waals surface area (Å²) in [6.45, 7) is 8.57. The highest BCUT2D eigenvalue weighted by molar-refractivity contribution is 7.97. The normalized spacial score (nSPS) is 15.0. The van der Waals surface area contributed by atoms with Gasteiger partial charge in [-0.1, -0.05) is 32.1 Å². The Morgan fingerprint density at radius 2 is 1.89 bits per heavy atom. The number of aryl methyl sites for hydroxylation is 1. The molecule has 2 N–H and O–H groups in total. The Bertz CT molecular complexity index is 1170. The third-order valence-electron chi connectivity index (χ3n) is 6.67. The largest absolute Gasteiger partial charge is 0.496 e. The van der Waals surface area contributed by atoms with Gasteiger partial charge in [-0.05, 0) is 104 Å². The molecular formula is C30H39N5OS. The van der Waals surface area contributed by atoms with Gasteiger partial charge in [0.1, 0.15) is 11.6 Å².